The maximum atomic E-state index is 9.68. The lowest BCUT2D eigenvalue weighted by atomic mass is 9.96. The van der Waals surface area contributed by atoms with E-state index >= 15 is 0 Å². The monoisotopic (exact) mass is 158 g/mol. The van der Waals surface area contributed by atoms with Crippen LogP contribution in [0.5, 0.6) is 0 Å². The van der Waals surface area contributed by atoms with Crippen LogP contribution in [0.1, 0.15) is 39.5 Å². The van der Waals surface area contributed by atoms with Gasteiger partial charge in [0.2, 0.25) is 0 Å². The van der Waals surface area contributed by atoms with E-state index in [1.807, 2.05) is 6.92 Å². The Morgan fingerprint density at radius 3 is 2.73 bits per heavy atom. The van der Waals surface area contributed by atoms with Crippen LogP contribution in [0.15, 0.2) is 0 Å². The number of rotatable bonds is 0. The summed E-state index contributed by atoms with van der Waals surface area (Å²) in [5.74, 6) is 0.555. The first-order chi connectivity index (χ1) is 4.99. The lowest BCUT2D eigenvalue weighted by molar-refractivity contribution is 0.00623. The molecule has 2 heteroatoms. The van der Waals surface area contributed by atoms with E-state index in [0.717, 1.165) is 19.3 Å². The molecule has 0 spiro atoms. The van der Waals surface area contributed by atoms with E-state index in [2.05, 4.69) is 6.92 Å². The van der Waals surface area contributed by atoms with Gasteiger partial charge in [0.25, 0.3) is 0 Å². The average Bonchev–Trinajstić information content (AvgIpc) is 1.90. The molecule has 0 amide bonds. The fourth-order valence-electron chi connectivity index (χ4n) is 1.83. The van der Waals surface area contributed by atoms with E-state index in [9.17, 15) is 10.2 Å². The van der Waals surface area contributed by atoms with Crippen molar-refractivity contribution in [3.8, 4) is 0 Å². The van der Waals surface area contributed by atoms with Crippen molar-refractivity contribution < 1.29 is 10.2 Å². The summed E-state index contributed by atoms with van der Waals surface area (Å²) in [5.41, 5.74) is -0.635. The van der Waals surface area contributed by atoms with Crippen LogP contribution in [-0.2, 0) is 0 Å². The zero-order valence-corrected chi connectivity index (χ0v) is 7.38. The van der Waals surface area contributed by atoms with Crippen LogP contribution in [0.3, 0.4) is 0 Å². The molecule has 0 bridgehead atoms. The molecule has 3 unspecified atom stereocenters. The minimum absolute atomic E-state index is 0.303. The standard InChI is InChI=1S/C9H18O2/c1-7-3-4-9(2,11)6-8(10)5-7/h7-8,10-11H,3-6H2,1-2H3. The van der Waals surface area contributed by atoms with Gasteiger partial charge in [-0.3, -0.25) is 0 Å². The molecule has 0 aromatic heterocycles. The lowest BCUT2D eigenvalue weighted by Gasteiger charge is -2.22. The first-order valence-corrected chi connectivity index (χ1v) is 4.40. The van der Waals surface area contributed by atoms with Crippen molar-refractivity contribution in [2.45, 2.75) is 51.2 Å². The molecule has 66 valence electrons. The van der Waals surface area contributed by atoms with Gasteiger partial charge in [-0.2, -0.15) is 0 Å². The normalized spacial score (nSPS) is 46.9. The second-order valence-electron chi connectivity index (χ2n) is 4.23. The Hall–Kier alpha value is -0.0800. The highest BCUT2D eigenvalue weighted by Gasteiger charge is 2.29. The fraction of sp³-hybridized carbons (Fsp3) is 1.00. The van der Waals surface area contributed by atoms with Gasteiger partial charge in [0.15, 0.2) is 0 Å². The molecule has 0 aromatic carbocycles. The van der Waals surface area contributed by atoms with E-state index in [0.29, 0.717) is 12.3 Å². The van der Waals surface area contributed by atoms with Crippen molar-refractivity contribution >= 4 is 0 Å². The lowest BCUT2D eigenvalue weighted by Crippen LogP contribution is -2.27. The highest BCUT2D eigenvalue weighted by molar-refractivity contribution is 4.82. The quantitative estimate of drug-likeness (QED) is 0.522. The molecule has 0 saturated heterocycles. The summed E-state index contributed by atoms with van der Waals surface area (Å²) in [5, 5.41) is 19.1. The Balaban J connectivity index is 2.53. The van der Waals surface area contributed by atoms with Crippen LogP contribution in [0.4, 0.5) is 0 Å². The molecule has 1 rings (SSSR count). The van der Waals surface area contributed by atoms with E-state index in [1.165, 1.54) is 0 Å². The second kappa shape index (κ2) is 3.11. The van der Waals surface area contributed by atoms with Gasteiger partial charge in [0, 0.05) is 6.42 Å². The first kappa shape index (κ1) is 9.01. The van der Waals surface area contributed by atoms with Crippen molar-refractivity contribution in [3.63, 3.8) is 0 Å². The van der Waals surface area contributed by atoms with Crippen molar-refractivity contribution in [1.82, 2.24) is 0 Å². The van der Waals surface area contributed by atoms with Crippen LogP contribution in [-0.4, -0.2) is 21.9 Å². The van der Waals surface area contributed by atoms with Gasteiger partial charge in [-0.05, 0) is 32.1 Å². The maximum Gasteiger partial charge on any atom is 0.0644 e. The number of hydrogen-bond acceptors (Lipinski definition) is 2. The fourth-order valence-corrected chi connectivity index (χ4v) is 1.83. The Kier molecular flexibility index (Phi) is 2.55. The third-order valence-electron chi connectivity index (χ3n) is 2.53. The van der Waals surface area contributed by atoms with E-state index < -0.39 is 5.60 Å². The van der Waals surface area contributed by atoms with E-state index in [-0.39, 0.29) is 6.10 Å². The molecule has 1 aliphatic carbocycles. The second-order valence-corrected chi connectivity index (χ2v) is 4.23. The zero-order chi connectivity index (χ0) is 8.48. The predicted octanol–water partition coefficient (Wildman–Crippen LogP) is 1.31. The largest absolute Gasteiger partial charge is 0.393 e. The Morgan fingerprint density at radius 1 is 1.45 bits per heavy atom. The first-order valence-electron chi connectivity index (χ1n) is 4.40. The number of aliphatic hydroxyl groups excluding tert-OH is 1. The summed E-state index contributed by atoms with van der Waals surface area (Å²) in [6.07, 6.45) is 2.94. The molecule has 11 heavy (non-hydrogen) atoms. The average molecular weight is 158 g/mol. The molecule has 2 N–H and O–H groups in total. The van der Waals surface area contributed by atoms with Crippen LogP contribution in [0, 0.1) is 5.92 Å². The van der Waals surface area contributed by atoms with Gasteiger partial charge in [0.1, 0.15) is 0 Å². The van der Waals surface area contributed by atoms with Crippen LogP contribution in [0.2, 0.25) is 0 Å². The molecule has 0 aromatic rings. The van der Waals surface area contributed by atoms with Gasteiger partial charge >= 0.3 is 0 Å². The summed E-state index contributed by atoms with van der Waals surface area (Å²) in [6, 6.07) is 0. The van der Waals surface area contributed by atoms with Crippen molar-refractivity contribution in [1.29, 1.82) is 0 Å². The maximum absolute atomic E-state index is 9.68. The summed E-state index contributed by atoms with van der Waals surface area (Å²) in [6.45, 7) is 3.94. The molecule has 0 heterocycles. The molecule has 1 fully saturated rings. The summed E-state index contributed by atoms with van der Waals surface area (Å²) in [7, 11) is 0. The molecule has 3 atom stereocenters. The van der Waals surface area contributed by atoms with Gasteiger partial charge in [-0.15, -0.1) is 0 Å². The smallest absolute Gasteiger partial charge is 0.0644 e. The molecular formula is C9H18O2. The van der Waals surface area contributed by atoms with E-state index in [1.54, 1.807) is 0 Å². The van der Waals surface area contributed by atoms with Gasteiger partial charge < -0.3 is 10.2 Å². The third kappa shape index (κ3) is 2.80. The minimum Gasteiger partial charge on any atom is -0.393 e. The molecule has 0 radical (unpaired) electrons. The van der Waals surface area contributed by atoms with Crippen LogP contribution >= 0.6 is 0 Å². The Labute approximate surface area is 68.2 Å². The molecule has 2 nitrogen and oxygen atoms in total. The SMILES string of the molecule is CC1CCC(C)(O)CC(O)C1. The van der Waals surface area contributed by atoms with E-state index in [4.69, 9.17) is 0 Å². The summed E-state index contributed by atoms with van der Waals surface area (Å²) < 4.78 is 0. The zero-order valence-electron chi connectivity index (χ0n) is 7.38. The molecule has 1 aliphatic rings. The van der Waals surface area contributed by atoms with Gasteiger partial charge in [-0.1, -0.05) is 6.92 Å². The third-order valence-corrected chi connectivity index (χ3v) is 2.53. The highest BCUT2D eigenvalue weighted by Crippen LogP contribution is 2.29. The summed E-state index contributed by atoms with van der Waals surface area (Å²) >= 11 is 0. The van der Waals surface area contributed by atoms with Crippen molar-refractivity contribution in [3.05, 3.63) is 0 Å². The number of hydrogen-bond donors (Lipinski definition) is 2. The summed E-state index contributed by atoms with van der Waals surface area (Å²) in [4.78, 5) is 0. The minimum atomic E-state index is -0.635. The predicted molar refractivity (Wildman–Crippen MR) is 44.3 cm³/mol. The topological polar surface area (TPSA) is 40.5 Å². The van der Waals surface area contributed by atoms with Crippen molar-refractivity contribution in [2.24, 2.45) is 5.92 Å². The Morgan fingerprint density at radius 2 is 2.09 bits per heavy atom. The number of aliphatic hydroxyl groups is 2. The van der Waals surface area contributed by atoms with Crippen LogP contribution < -0.4 is 0 Å². The highest BCUT2D eigenvalue weighted by atomic mass is 16.3. The Bertz CT molecular complexity index is 132. The molecular weight excluding hydrogens is 140 g/mol. The van der Waals surface area contributed by atoms with Crippen molar-refractivity contribution in [2.75, 3.05) is 0 Å². The van der Waals surface area contributed by atoms with Gasteiger partial charge in [-0.25, -0.2) is 0 Å². The molecule has 1 saturated carbocycles. The molecule has 0 aliphatic heterocycles. The van der Waals surface area contributed by atoms with Gasteiger partial charge in [0.05, 0.1) is 11.7 Å². The van der Waals surface area contributed by atoms with Crippen LogP contribution in [0.25, 0.3) is 0 Å².